The predicted octanol–water partition coefficient (Wildman–Crippen LogP) is 3.42. The van der Waals surface area contributed by atoms with Crippen LogP contribution < -0.4 is 10.1 Å². The van der Waals surface area contributed by atoms with Crippen LogP contribution in [0.5, 0.6) is 5.75 Å². The van der Waals surface area contributed by atoms with Gasteiger partial charge in [-0.1, -0.05) is 76.7 Å². The number of hydrogen-bond acceptors (Lipinski definition) is 7. The van der Waals surface area contributed by atoms with Gasteiger partial charge in [-0.15, -0.1) is 0 Å². The molecule has 1 aliphatic heterocycles. The normalized spacial score (nSPS) is 18.1. The summed E-state index contributed by atoms with van der Waals surface area (Å²) in [4.78, 5) is 39.2. The second kappa shape index (κ2) is 11.8. The number of carbonyl (C=O) groups is 3. The smallest absolute Gasteiger partial charge is 0.332 e. The maximum Gasteiger partial charge on any atom is 0.332 e. The second-order valence-electron chi connectivity index (χ2n) is 7.40. The Labute approximate surface area is 201 Å². The number of ether oxygens (including phenoxy) is 2. The molecule has 0 bridgehead atoms. The fraction of sp³-hybridized carbons (Fsp3) is 0.292. The minimum atomic E-state index is -0.911. The van der Waals surface area contributed by atoms with Gasteiger partial charge in [0.25, 0.3) is 5.91 Å². The first-order valence-electron chi connectivity index (χ1n) is 10.3. The summed E-state index contributed by atoms with van der Waals surface area (Å²) in [5.41, 5.74) is 1.62. The fourth-order valence-corrected chi connectivity index (χ4v) is 6.08. The fourth-order valence-electron chi connectivity index (χ4n) is 3.29. The van der Waals surface area contributed by atoms with Crippen LogP contribution >= 0.6 is 21.6 Å². The Kier molecular flexibility index (Phi) is 8.85. The molecule has 0 aliphatic carbocycles. The number of amides is 2. The average Bonchev–Trinajstić information content (AvgIpc) is 2.83. The molecule has 2 aromatic rings. The van der Waals surface area contributed by atoms with E-state index in [1.165, 1.54) is 22.8 Å². The molecule has 1 heterocycles. The Morgan fingerprint density at radius 2 is 1.76 bits per heavy atom. The molecule has 33 heavy (non-hydrogen) atoms. The molecule has 0 saturated carbocycles. The molecule has 0 aromatic heterocycles. The Morgan fingerprint density at radius 3 is 2.36 bits per heavy atom. The molecule has 3 rings (SSSR count). The molecule has 0 spiro atoms. The number of para-hydroxylation sites is 1. The Hall–Kier alpha value is -2.91. The maximum absolute atomic E-state index is 13.0. The van der Waals surface area contributed by atoms with Crippen LogP contribution in [0.25, 0.3) is 0 Å². The van der Waals surface area contributed by atoms with E-state index in [-0.39, 0.29) is 12.5 Å². The molecule has 174 valence electrons. The van der Waals surface area contributed by atoms with E-state index in [1.807, 2.05) is 48.5 Å². The van der Waals surface area contributed by atoms with Gasteiger partial charge in [0.2, 0.25) is 5.91 Å². The number of nitrogens with zero attached hydrogens (tertiary/aromatic N) is 1. The minimum Gasteiger partial charge on any atom is -0.484 e. The van der Waals surface area contributed by atoms with Gasteiger partial charge in [-0.3, -0.25) is 9.59 Å². The van der Waals surface area contributed by atoms with Gasteiger partial charge in [0.1, 0.15) is 17.2 Å². The third-order valence-corrected chi connectivity index (χ3v) is 7.55. The van der Waals surface area contributed by atoms with Crippen LogP contribution in [0.1, 0.15) is 12.5 Å². The first-order valence-corrected chi connectivity index (χ1v) is 12.7. The van der Waals surface area contributed by atoms with Gasteiger partial charge in [0, 0.05) is 5.75 Å². The summed E-state index contributed by atoms with van der Waals surface area (Å²) in [6, 6.07) is 17.2. The van der Waals surface area contributed by atoms with Crippen molar-refractivity contribution >= 4 is 39.4 Å². The van der Waals surface area contributed by atoms with Gasteiger partial charge in [-0.2, -0.15) is 0 Å². The molecule has 3 atom stereocenters. The second-order valence-corrected chi connectivity index (χ2v) is 9.88. The van der Waals surface area contributed by atoms with E-state index in [0.717, 1.165) is 5.56 Å². The van der Waals surface area contributed by atoms with E-state index in [4.69, 9.17) is 9.47 Å². The van der Waals surface area contributed by atoms with Crippen LogP contribution in [0.15, 0.2) is 72.8 Å². The Morgan fingerprint density at radius 1 is 1.12 bits per heavy atom. The molecule has 1 aliphatic rings. The summed E-state index contributed by atoms with van der Waals surface area (Å²) in [6.45, 7) is 5.31. The number of methoxy groups -OCH3 is 1. The lowest BCUT2D eigenvalue weighted by molar-refractivity contribution is -0.161. The molecule has 2 aromatic carbocycles. The van der Waals surface area contributed by atoms with Crippen LogP contribution in [-0.4, -0.2) is 53.9 Å². The van der Waals surface area contributed by atoms with Gasteiger partial charge >= 0.3 is 5.97 Å². The summed E-state index contributed by atoms with van der Waals surface area (Å²) in [5, 5.41) is 2.28. The molecule has 7 nitrogen and oxygen atoms in total. The number of rotatable bonds is 11. The highest BCUT2D eigenvalue weighted by atomic mass is 33.1. The molecule has 2 amide bonds. The van der Waals surface area contributed by atoms with Gasteiger partial charge in [0.05, 0.1) is 7.11 Å². The summed E-state index contributed by atoms with van der Waals surface area (Å²) in [5.74, 6) is -0.0735. The van der Waals surface area contributed by atoms with Crippen molar-refractivity contribution in [3.8, 4) is 5.75 Å². The summed E-state index contributed by atoms with van der Waals surface area (Å²) in [7, 11) is 4.24. The van der Waals surface area contributed by atoms with Gasteiger partial charge in [-0.25, -0.2) is 4.79 Å². The van der Waals surface area contributed by atoms with Crippen molar-refractivity contribution in [3.63, 3.8) is 0 Å². The van der Waals surface area contributed by atoms with Crippen molar-refractivity contribution in [3.05, 3.63) is 78.4 Å². The molecule has 1 fully saturated rings. The lowest BCUT2D eigenvalue weighted by Gasteiger charge is -2.49. The van der Waals surface area contributed by atoms with Crippen molar-refractivity contribution in [1.82, 2.24) is 10.2 Å². The van der Waals surface area contributed by atoms with E-state index in [0.29, 0.717) is 17.1 Å². The third kappa shape index (κ3) is 6.33. The first-order chi connectivity index (χ1) is 15.9. The molecular formula is C24H26N2O5S2. The number of benzene rings is 2. The largest absolute Gasteiger partial charge is 0.484 e. The molecule has 1 N–H and O–H groups in total. The molecular weight excluding hydrogens is 460 g/mol. The van der Waals surface area contributed by atoms with Gasteiger partial charge in [-0.05, 0) is 30.2 Å². The van der Waals surface area contributed by atoms with E-state index in [2.05, 4.69) is 11.9 Å². The van der Waals surface area contributed by atoms with Crippen LogP contribution in [0, 0.1) is 0 Å². The summed E-state index contributed by atoms with van der Waals surface area (Å²) < 4.78 is 10.4. The number of nitrogens with one attached hydrogen (secondary N) is 1. The quantitative estimate of drug-likeness (QED) is 0.225. The predicted molar refractivity (Wildman–Crippen MR) is 130 cm³/mol. The maximum atomic E-state index is 13.0. The number of carbonyl (C=O) groups excluding carboxylic acids is 3. The zero-order chi connectivity index (χ0) is 23.8. The van der Waals surface area contributed by atoms with Crippen molar-refractivity contribution in [2.45, 2.75) is 30.1 Å². The number of likely N-dealkylation sites (tertiary alicyclic amines) is 1. The number of esters is 1. The monoisotopic (exact) mass is 486 g/mol. The van der Waals surface area contributed by atoms with Gasteiger partial charge in [0.15, 0.2) is 12.6 Å². The van der Waals surface area contributed by atoms with E-state index in [1.54, 1.807) is 29.9 Å². The zero-order valence-electron chi connectivity index (χ0n) is 18.4. The lowest BCUT2D eigenvalue weighted by Crippen LogP contribution is -2.73. The molecule has 1 saturated heterocycles. The molecule has 9 heteroatoms. The van der Waals surface area contributed by atoms with E-state index < -0.39 is 29.3 Å². The van der Waals surface area contributed by atoms with Crippen molar-refractivity contribution in [2.75, 3.05) is 13.7 Å². The highest BCUT2D eigenvalue weighted by Gasteiger charge is 2.54. The highest BCUT2D eigenvalue weighted by molar-refractivity contribution is 8.76. The topological polar surface area (TPSA) is 84.9 Å². The van der Waals surface area contributed by atoms with Gasteiger partial charge < -0.3 is 19.7 Å². The third-order valence-electron chi connectivity index (χ3n) is 4.91. The van der Waals surface area contributed by atoms with Crippen LogP contribution in [0.2, 0.25) is 0 Å². The average molecular weight is 487 g/mol. The summed E-state index contributed by atoms with van der Waals surface area (Å²) >= 11 is 0. The van der Waals surface area contributed by atoms with Crippen molar-refractivity contribution in [1.29, 1.82) is 0 Å². The Bertz CT molecular complexity index is 987. The standard InChI is InChI=1S/C24H26N2O5S2/c1-16(2)21(24(29)30-3)26-22(28)20(23(26)33-32-15-17-10-6-4-7-11-17)25-19(27)14-31-18-12-8-5-9-13-18/h4-13,20-21,23H,1,14-15H2,2-3H3,(H,25,27). The molecule has 3 unspecified atom stereocenters. The first kappa shape index (κ1) is 24.7. The van der Waals surface area contributed by atoms with Crippen LogP contribution in [0.4, 0.5) is 0 Å². The number of β-lactam (4-membered cyclic amide) rings is 1. The highest BCUT2D eigenvalue weighted by Crippen LogP contribution is 2.41. The van der Waals surface area contributed by atoms with Crippen LogP contribution in [0.3, 0.4) is 0 Å². The zero-order valence-corrected chi connectivity index (χ0v) is 20.1. The van der Waals surface area contributed by atoms with Crippen molar-refractivity contribution in [2.24, 2.45) is 0 Å². The minimum absolute atomic E-state index is 0.219. The number of hydrogen-bond donors (Lipinski definition) is 1. The van der Waals surface area contributed by atoms with E-state index >= 15 is 0 Å². The molecule has 0 radical (unpaired) electrons. The Balaban J connectivity index is 1.67. The van der Waals surface area contributed by atoms with E-state index in [9.17, 15) is 14.4 Å². The van der Waals surface area contributed by atoms with Crippen LogP contribution in [-0.2, 0) is 24.9 Å². The SMILES string of the molecule is C=C(C)C(C(=O)OC)N1C(=O)C(NC(=O)COc2ccccc2)C1SSCc1ccccc1. The summed E-state index contributed by atoms with van der Waals surface area (Å²) in [6.07, 6.45) is 0. The van der Waals surface area contributed by atoms with Crippen molar-refractivity contribution < 1.29 is 23.9 Å². The lowest BCUT2D eigenvalue weighted by atomic mass is 9.99.